The summed E-state index contributed by atoms with van der Waals surface area (Å²) < 4.78 is 0. The van der Waals surface area contributed by atoms with E-state index in [1.807, 2.05) is 0 Å². The van der Waals surface area contributed by atoms with E-state index in [0.717, 1.165) is 13.0 Å². The van der Waals surface area contributed by atoms with Gasteiger partial charge in [-0.15, -0.1) is 0 Å². The molecule has 0 saturated carbocycles. The van der Waals surface area contributed by atoms with Crippen LogP contribution in [0.15, 0.2) is 24.3 Å². The molecule has 0 saturated heterocycles. The van der Waals surface area contributed by atoms with Gasteiger partial charge in [-0.2, -0.15) is 0 Å². The van der Waals surface area contributed by atoms with Crippen molar-refractivity contribution in [3.8, 4) is 0 Å². The van der Waals surface area contributed by atoms with Crippen molar-refractivity contribution in [2.45, 2.75) is 27.2 Å². The van der Waals surface area contributed by atoms with Crippen LogP contribution in [0.1, 0.15) is 37.6 Å². The summed E-state index contributed by atoms with van der Waals surface area (Å²) in [7, 11) is 1.78. The number of urea groups is 1. The zero-order chi connectivity index (χ0) is 14.4. The number of ketones is 1. The first-order chi connectivity index (χ1) is 8.93. The largest absolute Gasteiger partial charge is 0.327 e. The van der Waals surface area contributed by atoms with Crippen LogP contribution in [0, 0.1) is 5.92 Å². The number of anilines is 1. The maximum Gasteiger partial charge on any atom is 0.321 e. The average molecular weight is 262 g/mol. The average Bonchev–Trinajstić information content (AvgIpc) is 2.38. The monoisotopic (exact) mass is 262 g/mol. The highest BCUT2D eigenvalue weighted by molar-refractivity contribution is 5.95. The minimum Gasteiger partial charge on any atom is -0.327 e. The lowest BCUT2D eigenvalue weighted by atomic mass is 10.1. The van der Waals surface area contributed by atoms with Crippen LogP contribution in [0.4, 0.5) is 10.5 Å². The summed E-state index contributed by atoms with van der Waals surface area (Å²) in [6.07, 6.45) is 1.05. The van der Waals surface area contributed by atoms with Crippen molar-refractivity contribution in [1.82, 2.24) is 4.90 Å². The van der Waals surface area contributed by atoms with Gasteiger partial charge in [0.1, 0.15) is 0 Å². The highest BCUT2D eigenvalue weighted by Gasteiger charge is 2.11. The second kappa shape index (κ2) is 6.92. The molecule has 0 aliphatic heterocycles. The number of carbonyl (C=O) groups excluding carboxylic acids is 2. The number of hydrogen-bond donors (Lipinski definition) is 1. The van der Waals surface area contributed by atoms with Crippen molar-refractivity contribution in [2.24, 2.45) is 5.92 Å². The molecule has 0 aliphatic rings. The first-order valence-corrected chi connectivity index (χ1v) is 6.57. The number of hydrogen-bond acceptors (Lipinski definition) is 2. The Labute approximate surface area is 114 Å². The Morgan fingerprint density at radius 3 is 2.32 bits per heavy atom. The molecule has 0 fully saturated rings. The number of carbonyl (C=O) groups is 2. The third kappa shape index (κ3) is 4.73. The molecule has 0 spiro atoms. The van der Waals surface area contributed by atoms with E-state index < -0.39 is 0 Å². The predicted octanol–water partition coefficient (Wildman–Crippen LogP) is 3.40. The van der Waals surface area contributed by atoms with Gasteiger partial charge in [-0.05, 0) is 37.1 Å². The van der Waals surface area contributed by atoms with Crippen LogP contribution in [0.25, 0.3) is 0 Å². The zero-order valence-electron chi connectivity index (χ0n) is 12.1. The van der Waals surface area contributed by atoms with Gasteiger partial charge in [0, 0.05) is 24.8 Å². The second-order valence-corrected chi connectivity index (χ2v) is 4.96. The summed E-state index contributed by atoms with van der Waals surface area (Å²) in [5.41, 5.74) is 1.34. The number of rotatable bonds is 5. The number of amides is 2. The smallest absolute Gasteiger partial charge is 0.321 e. The fourth-order valence-electron chi connectivity index (χ4n) is 1.69. The van der Waals surface area contributed by atoms with E-state index in [4.69, 9.17) is 0 Å². The van der Waals surface area contributed by atoms with Crippen molar-refractivity contribution < 1.29 is 9.59 Å². The molecular weight excluding hydrogens is 240 g/mol. The molecule has 0 radical (unpaired) electrons. The van der Waals surface area contributed by atoms with E-state index >= 15 is 0 Å². The molecule has 0 heterocycles. The fraction of sp³-hybridized carbons (Fsp3) is 0.467. The number of benzene rings is 1. The SMILES string of the molecule is CCC(C)CN(C)C(=O)Nc1ccc(C(C)=O)cc1. The Bertz CT molecular complexity index is 440. The molecule has 1 rings (SSSR count). The van der Waals surface area contributed by atoms with E-state index in [-0.39, 0.29) is 11.8 Å². The van der Waals surface area contributed by atoms with Crippen molar-refractivity contribution >= 4 is 17.5 Å². The highest BCUT2D eigenvalue weighted by Crippen LogP contribution is 2.11. The molecule has 1 unspecified atom stereocenters. The number of nitrogens with zero attached hydrogens (tertiary/aromatic N) is 1. The van der Waals surface area contributed by atoms with Crippen LogP contribution in [-0.4, -0.2) is 30.3 Å². The number of nitrogens with one attached hydrogen (secondary N) is 1. The van der Waals surface area contributed by atoms with Gasteiger partial charge in [0.25, 0.3) is 0 Å². The zero-order valence-corrected chi connectivity index (χ0v) is 12.1. The molecular formula is C15H22N2O2. The van der Waals surface area contributed by atoms with Gasteiger partial charge in [-0.25, -0.2) is 4.79 Å². The van der Waals surface area contributed by atoms with Crippen LogP contribution in [0.3, 0.4) is 0 Å². The van der Waals surface area contributed by atoms with Crippen molar-refractivity contribution in [1.29, 1.82) is 0 Å². The van der Waals surface area contributed by atoms with E-state index in [9.17, 15) is 9.59 Å². The summed E-state index contributed by atoms with van der Waals surface area (Å²) in [6.45, 7) is 6.48. The fourth-order valence-corrected chi connectivity index (χ4v) is 1.69. The quantitative estimate of drug-likeness (QED) is 0.827. The summed E-state index contributed by atoms with van der Waals surface area (Å²) >= 11 is 0. The molecule has 0 aromatic heterocycles. The molecule has 0 aliphatic carbocycles. The van der Waals surface area contributed by atoms with Crippen molar-refractivity contribution in [2.75, 3.05) is 18.9 Å². The highest BCUT2D eigenvalue weighted by atomic mass is 16.2. The second-order valence-electron chi connectivity index (χ2n) is 4.96. The molecule has 4 nitrogen and oxygen atoms in total. The van der Waals surface area contributed by atoms with Gasteiger partial charge in [-0.3, -0.25) is 4.79 Å². The van der Waals surface area contributed by atoms with Gasteiger partial charge in [0.05, 0.1) is 0 Å². The van der Waals surface area contributed by atoms with Crippen LogP contribution in [-0.2, 0) is 0 Å². The molecule has 104 valence electrons. The topological polar surface area (TPSA) is 49.4 Å². The Hall–Kier alpha value is -1.84. The van der Waals surface area contributed by atoms with E-state index in [1.54, 1.807) is 36.2 Å². The Kier molecular flexibility index (Phi) is 5.55. The third-order valence-corrected chi connectivity index (χ3v) is 3.17. The van der Waals surface area contributed by atoms with Gasteiger partial charge >= 0.3 is 6.03 Å². The summed E-state index contributed by atoms with van der Waals surface area (Å²) in [5.74, 6) is 0.502. The lowest BCUT2D eigenvalue weighted by molar-refractivity contribution is 0.101. The minimum atomic E-state index is -0.129. The van der Waals surface area contributed by atoms with Crippen molar-refractivity contribution in [3.05, 3.63) is 29.8 Å². The molecule has 19 heavy (non-hydrogen) atoms. The van der Waals surface area contributed by atoms with Crippen LogP contribution in [0.5, 0.6) is 0 Å². The van der Waals surface area contributed by atoms with Gasteiger partial charge < -0.3 is 10.2 Å². The Morgan fingerprint density at radius 1 is 1.26 bits per heavy atom. The van der Waals surface area contributed by atoms with E-state index in [0.29, 0.717) is 17.2 Å². The Morgan fingerprint density at radius 2 is 1.84 bits per heavy atom. The lowest BCUT2D eigenvalue weighted by Gasteiger charge is -2.21. The first kappa shape index (κ1) is 15.2. The maximum atomic E-state index is 11.9. The molecule has 1 aromatic carbocycles. The third-order valence-electron chi connectivity index (χ3n) is 3.17. The van der Waals surface area contributed by atoms with Crippen LogP contribution < -0.4 is 5.32 Å². The predicted molar refractivity (Wildman–Crippen MR) is 77.6 cm³/mol. The van der Waals surface area contributed by atoms with Gasteiger partial charge in [-0.1, -0.05) is 20.3 Å². The minimum absolute atomic E-state index is 0.0202. The summed E-state index contributed by atoms with van der Waals surface area (Å²) in [5, 5.41) is 2.81. The molecule has 1 N–H and O–H groups in total. The Balaban J connectivity index is 2.59. The molecule has 0 bridgehead atoms. The van der Waals surface area contributed by atoms with Gasteiger partial charge in [0.15, 0.2) is 5.78 Å². The molecule has 1 atom stereocenters. The lowest BCUT2D eigenvalue weighted by Crippen LogP contribution is -2.34. The normalized spacial score (nSPS) is 11.8. The molecule has 4 heteroatoms. The summed E-state index contributed by atoms with van der Waals surface area (Å²) in [6, 6.07) is 6.78. The first-order valence-electron chi connectivity index (χ1n) is 6.57. The van der Waals surface area contributed by atoms with E-state index in [2.05, 4.69) is 19.2 Å². The standard InChI is InChI=1S/C15H22N2O2/c1-5-11(2)10-17(4)15(19)16-14-8-6-13(7-9-14)12(3)18/h6-9,11H,5,10H2,1-4H3,(H,16,19). The van der Waals surface area contributed by atoms with Crippen molar-refractivity contribution in [3.63, 3.8) is 0 Å². The molecule has 1 aromatic rings. The molecule has 2 amide bonds. The van der Waals surface area contributed by atoms with Crippen LogP contribution in [0.2, 0.25) is 0 Å². The van der Waals surface area contributed by atoms with Crippen LogP contribution >= 0.6 is 0 Å². The van der Waals surface area contributed by atoms with Gasteiger partial charge in [0.2, 0.25) is 0 Å². The maximum absolute atomic E-state index is 11.9. The van der Waals surface area contributed by atoms with E-state index in [1.165, 1.54) is 6.92 Å². The summed E-state index contributed by atoms with van der Waals surface area (Å²) in [4.78, 5) is 24.8. The number of Topliss-reactive ketones (excluding diaryl/α,β-unsaturated/α-hetero) is 1.